The molecule has 0 spiro atoms. The lowest BCUT2D eigenvalue weighted by Crippen LogP contribution is -2.01. The Morgan fingerprint density at radius 2 is 2.15 bits per heavy atom. The maximum absolute atomic E-state index is 5.58. The molecular formula is C9H12N4. The summed E-state index contributed by atoms with van der Waals surface area (Å²) in [6.07, 6.45) is 1.85. The Kier molecular flexibility index (Phi) is 1.69. The molecule has 4 heteroatoms. The molecule has 2 aromatic heterocycles. The Labute approximate surface area is 76.2 Å². The van der Waals surface area contributed by atoms with E-state index in [1.807, 2.05) is 12.3 Å². The maximum Gasteiger partial charge on any atom is 0.222 e. The molecule has 0 radical (unpaired) electrons. The van der Waals surface area contributed by atoms with Crippen LogP contribution >= 0.6 is 0 Å². The molecule has 0 bridgehead atoms. The lowest BCUT2D eigenvalue weighted by molar-refractivity contribution is 0.832. The highest BCUT2D eigenvalue weighted by Gasteiger charge is 2.09. The summed E-state index contributed by atoms with van der Waals surface area (Å²) >= 11 is 0. The van der Waals surface area contributed by atoms with Crippen LogP contribution in [-0.2, 0) is 0 Å². The van der Waals surface area contributed by atoms with Gasteiger partial charge in [0.25, 0.3) is 0 Å². The molecule has 2 rings (SSSR count). The molecule has 13 heavy (non-hydrogen) atoms. The number of hydrogen-bond acceptors (Lipinski definition) is 3. The Hall–Kier alpha value is -1.58. The highest BCUT2D eigenvalue weighted by molar-refractivity contribution is 5.79. The minimum absolute atomic E-state index is 0.332. The number of nitrogens with two attached hydrogens (primary N) is 1. The number of rotatable bonds is 1. The van der Waals surface area contributed by atoms with Crippen molar-refractivity contribution in [2.45, 2.75) is 19.8 Å². The molecule has 2 aromatic rings. The van der Waals surface area contributed by atoms with Gasteiger partial charge >= 0.3 is 0 Å². The minimum atomic E-state index is 0.332. The van der Waals surface area contributed by atoms with Crippen molar-refractivity contribution in [3.8, 4) is 0 Å². The summed E-state index contributed by atoms with van der Waals surface area (Å²) in [4.78, 5) is 11.3. The third kappa shape index (κ3) is 1.24. The number of nitrogens with one attached hydrogen (secondary N) is 1. The Morgan fingerprint density at radius 3 is 2.85 bits per heavy atom. The Bertz CT molecular complexity index is 430. The van der Waals surface area contributed by atoms with Gasteiger partial charge in [-0.1, -0.05) is 13.8 Å². The first kappa shape index (κ1) is 8.04. The number of fused-ring (bicyclic) bond motifs is 1. The van der Waals surface area contributed by atoms with Crippen molar-refractivity contribution in [2.24, 2.45) is 0 Å². The second-order valence-electron chi connectivity index (χ2n) is 3.36. The van der Waals surface area contributed by atoms with Crippen molar-refractivity contribution in [1.82, 2.24) is 15.0 Å². The van der Waals surface area contributed by atoms with Gasteiger partial charge in [0, 0.05) is 11.6 Å². The summed E-state index contributed by atoms with van der Waals surface area (Å²) in [5.74, 6) is 0.697. The van der Waals surface area contributed by atoms with E-state index >= 15 is 0 Å². The fourth-order valence-electron chi connectivity index (χ4n) is 1.42. The van der Waals surface area contributed by atoms with E-state index in [1.165, 1.54) is 0 Å². The van der Waals surface area contributed by atoms with E-state index in [0.29, 0.717) is 11.9 Å². The van der Waals surface area contributed by atoms with E-state index in [1.54, 1.807) is 0 Å². The molecule has 0 aromatic carbocycles. The van der Waals surface area contributed by atoms with Crippen LogP contribution < -0.4 is 5.73 Å². The topological polar surface area (TPSA) is 67.6 Å². The molecule has 0 fully saturated rings. The van der Waals surface area contributed by atoms with Crippen molar-refractivity contribution in [3.63, 3.8) is 0 Å². The van der Waals surface area contributed by atoms with E-state index in [2.05, 4.69) is 28.8 Å². The van der Waals surface area contributed by atoms with Gasteiger partial charge in [-0.3, -0.25) is 0 Å². The number of nitrogens with zero attached hydrogens (tertiary/aromatic N) is 2. The molecule has 0 saturated heterocycles. The molecule has 68 valence electrons. The molecule has 0 saturated carbocycles. The molecule has 0 amide bonds. The predicted molar refractivity (Wildman–Crippen MR) is 52.4 cm³/mol. The van der Waals surface area contributed by atoms with Crippen LogP contribution in [0.1, 0.15) is 25.5 Å². The predicted octanol–water partition coefficient (Wildman–Crippen LogP) is 1.66. The van der Waals surface area contributed by atoms with Gasteiger partial charge in [0.15, 0.2) is 0 Å². The molecule has 2 heterocycles. The first-order valence-corrected chi connectivity index (χ1v) is 4.29. The van der Waals surface area contributed by atoms with Crippen LogP contribution in [0.15, 0.2) is 12.3 Å². The van der Waals surface area contributed by atoms with Gasteiger partial charge in [0.05, 0.1) is 5.69 Å². The second kappa shape index (κ2) is 2.73. The quantitative estimate of drug-likeness (QED) is 0.694. The third-order valence-corrected chi connectivity index (χ3v) is 2.01. The average molecular weight is 176 g/mol. The Morgan fingerprint density at radius 1 is 1.38 bits per heavy atom. The van der Waals surface area contributed by atoms with E-state index in [9.17, 15) is 0 Å². The normalized spacial score (nSPS) is 11.3. The molecule has 4 nitrogen and oxygen atoms in total. The van der Waals surface area contributed by atoms with E-state index < -0.39 is 0 Å². The standard InChI is InChI=1S/C9H12N4/c1-5(2)7-6-3-4-11-8(6)13-9(10)12-7/h3-5H,1-2H3,(H3,10,11,12,13). The van der Waals surface area contributed by atoms with E-state index in [-0.39, 0.29) is 0 Å². The lowest BCUT2D eigenvalue weighted by Gasteiger charge is -2.05. The van der Waals surface area contributed by atoms with Crippen molar-refractivity contribution in [1.29, 1.82) is 0 Å². The molecule has 0 aliphatic carbocycles. The Balaban J connectivity index is 2.77. The average Bonchev–Trinajstić information content (AvgIpc) is 2.49. The number of aromatic nitrogens is 3. The van der Waals surface area contributed by atoms with Crippen molar-refractivity contribution >= 4 is 17.0 Å². The minimum Gasteiger partial charge on any atom is -0.368 e. The fraction of sp³-hybridized carbons (Fsp3) is 0.333. The summed E-state index contributed by atoms with van der Waals surface area (Å²) in [6, 6.07) is 1.98. The fourth-order valence-corrected chi connectivity index (χ4v) is 1.42. The van der Waals surface area contributed by atoms with Crippen molar-refractivity contribution in [3.05, 3.63) is 18.0 Å². The number of hydrogen-bond donors (Lipinski definition) is 2. The zero-order valence-corrected chi connectivity index (χ0v) is 7.70. The molecule has 0 aliphatic rings. The summed E-state index contributed by atoms with van der Waals surface area (Å²) < 4.78 is 0. The largest absolute Gasteiger partial charge is 0.368 e. The lowest BCUT2D eigenvalue weighted by atomic mass is 10.1. The maximum atomic E-state index is 5.58. The summed E-state index contributed by atoms with van der Waals surface area (Å²) in [5.41, 5.74) is 7.40. The monoisotopic (exact) mass is 176 g/mol. The van der Waals surface area contributed by atoms with Crippen LogP contribution in [0.2, 0.25) is 0 Å². The molecular weight excluding hydrogens is 164 g/mol. The molecule has 0 unspecified atom stereocenters. The first-order valence-electron chi connectivity index (χ1n) is 4.29. The summed E-state index contributed by atoms with van der Waals surface area (Å²) in [6.45, 7) is 4.18. The number of H-pyrrole nitrogens is 1. The van der Waals surface area contributed by atoms with Gasteiger partial charge in [0.2, 0.25) is 5.95 Å². The highest BCUT2D eigenvalue weighted by atomic mass is 15.0. The van der Waals surface area contributed by atoms with Crippen molar-refractivity contribution < 1.29 is 0 Å². The molecule has 0 aliphatic heterocycles. The first-order chi connectivity index (χ1) is 6.18. The van der Waals surface area contributed by atoms with Crippen LogP contribution in [-0.4, -0.2) is 15.0 Å². The van der Waals surface area contributed by atoms with Gasteiger partial charge in [-0.2, -0.15) is 4.98 Å². The van der Waals surface area contributed by atoms with Gasteiger partial charge in [-0.25, -0.2) is 4.98 Å². The van der Waals surface area contributed by atoms with Gasteiger partial charge in [-0.15, -0.1) is 0 Å². The summed E-state index contributed by atoms with van der Waals surface area (Å²) in [5, 5.41) is 1.06. The van der Waals surface area contributed by atoms with Gasteiger partial charge in [0.1, 0.15) is 5.65 Å². The molecule has 3 N–H and O–H groups in total. The van der Waals surface area contributed by atoms with Crippen LogP contribution in [0.5, 0.6) is 0 Å². The number of nitrogen functional groups attached to an aromatic ring is 1. The van der Waals surface area contributed by atoms with Crippen LogP contribution in [0, 0.1) is 0 Å². The van der Waals surface area contributed by atoms with Gasteiger partial charge in [-0.05, 0) is 12.0 Å². The highest BCUT2D eigenvalue weighted by Crippen LogP contribution is 2.21. The van der Waals surface area contributed by atoms with Gasteiger partial charge < -0.3 is 10.7 Å². The number of aromatic amines is 1. The second-order valence-corrected chi connectivity index (χ2v) is 3.36. The molecule has 0 atom stereocenters. The third-order valence-electron chi connectivity index (χ3n) is 2.01. The van der Waals surface area contributed by atoms with E-state index in [0.717, 1.165) is 16.7 Å². The van der Waals surface area contributed by atoms with Crippen LogP contribution in [0.4, 0.5) is 5.95 Å². The van der Waals surface area contributed by atoms with E-state index in [4.69, 9.17) is 5.73 Å². The number of anilines is 1. The SMILES string of the molecule is CC(C)c1nc(N)nc2[nH]ccc12. The smallest absolute Gasteiger partial charge is 0.222 e. The van der Waals surface area contributed by atoms with Crippen LogP contribution in [0.3, 0.4) is 0 Å². The van der Waals surface area contributed by atoms with Crippen LogP contribution in [0.25, 0.3) is 11.0 Å². The zero-order valence-electron chi connectivity index (χ0n) is 7.70. The van der Waals surface area contributed by atoms with Crippen molar-refractivity contribution in [2.75, 3.05) is 5.73 Å². The summed E-state index contributed by atoms with van der Waals surface area (Å²) in [7, 11) is 0. The zero-order chi connectivity index (χ0) is 9.42.